The Bertz CT molecular complexity index is 616. The molecule has 0 saturated heterocycles. The van der Waals surface area contributed by atoms with Crippen LogP contribution in [0.15, 0.2) is 35.6 Å². The van der Waals surface area contributed by atoms with Gasteiger partial charge in [0.25, 0.3) is 0 Å². The van der Waals surface area contributed by atoms with E-state index in [0.717, 1.165) is 11.9 Å². The van der Waals surface area contributed by atoms with Gasteiger partial charge >= 0.3 is 0 Å². The Morgan fingerprint density at radius 1 is 1.35 bits per heavy atom. The fraction of sp³-hybridized carbons (Fsp3) is 0.200. The molecule has 0 fully saturated rings. The predicted molar refractivity (Wildman–Crippen MR) is 62.4 cm³/mol. The van der Waals surface area contributed by atoms with Crippen LogP contribution in [0.2, 0.25) is 0 Å². The molecule has 2 N–H and O–H groups in total. The summed E-state index contributed by atoms with van der Waals surface area (Å²) in [4.78, 5) is 4.29. The molecule has 90 valence electrons. The van der Waals surface area contributed by atoms with Crippen LogP contribution in [0.5, 0.6) is 0 Å². The first kappa shape index (κ1) is 11.7. The maximum atomic E-state index is 11.3. The SMILES string of the molecule is CS(=O)(=O)c1cnn(-c2ccc(CN)nc2)c1. The van der Waals surface area contributed by atoms with E-state index >= 15 is 0 Å². The van der Waals surface area contributed by atoms with Crippen LogP contribution in [-0.4, -0.2) is 29.4 Å². The normalized spacial score (nSPS) is 11.6. The largest absolute Gasteiger partial charge is 0.325 e. The second-order valence-electron chi connectivity index (χ2n) is 3.60. The Balaban J connectivity index is 2.37. The van der Waals surface area contributed by atoms with Gasteiger partial charge in [0, 0.05) is 19.0 Å². The number of hydrogen-bond donors (Lipinski definition) is 1. The number of rotatable bonds is 3. The Hall–Kier alpha value is -1.73. The predicted octanol–water partition coefficient (Wildman–Crippen LogP) is 0.129. The monoisotopic (exact) mass is 252 g/mol. The fourth-order valence-corrected chi connectivity index (χ4v) is 1.84. The topological polar surface area (TPSA) is 90.9 Å². The number of aromatic nitrogens is 3. The number of nitrogens with two attached hydrogens (primary N) is 1. The lowest BCUT2D eigenvalue weighted by Gasteiger charge is -2.01. The van der Waals surface area contributed by atoms with Crippen molar-refractivity contribution in [3.05, 3.63) is 36.4 Å². The van der Waals surface area contributed by atoms with E-state index in [1.54, 1.807) is 18.3 Å². The van der Waals surface area contributed by atoms with Gasteiger partial charge in [0.1, 0.15) is 4.90 Å². The number of pyridine rings is 1. The molecule has 17 heavy (non-hydrogen) atoms. The van der Waals surface area contributed by atoms with Crippen molar-refractivity contribution in [3.63, 3.8) is 0 Å². The minimum Gasteiger partial charge on any atom is -0.325 e. The zero-order chi connectivity index (χ0) is 12.5. The minimum absolute atomic E-state index is 0.181. The van der Waals surface area contributed by atoms with Gasteiger partial charge in [-0.1, -0.05) is 0 Å². The lowest BCUT2D eigenvalue weighted by atomic mass is 10.3. The van der Waals surface area contributed by atoms with Crippen molar-refractivity contribution >= 4 is 9.84 Å². The summed E-state index contributed by atoms with van der Waals surface area (Å²) in [5, 5.41) is 3.97. The summed E-state index contributed by atoms with van der Waals surface area (Å²) in [6, 6.07) is 3.56. The van der Waals surface area contributed by atoms with E-state index in [9.17, 15) is 8.42 Å². The van der Waals surface area contributed by atoms with E-state index in [1.165, 1.54) is 17.1 Å². The lowest BCUT2D eigenvalue weighted by molar-refractivity contribution is 0.602. The Kier molecular flexibility index (Phi) is 2.95. The van der Waals surface area contributed by atoms with Gasteiger partial charge in [-0.2, -0.15) is 5.10 Å². The van der Waals surface area contributed by atoms with Crippen LogP contribution in [0.4, 0.5) is 0 Å². The number of hydrogen-bond acceptors (Lipinski definition) is 5. The molecule has 0 aromatic carbocycles. The quantitative estimate of drug-likeness (QED) is 0.838. The highest BCUT2D eigenvalue weighted by Gasteiger charge is 2.10. The molecule has 0 spiro atoms. The maximum Gasteiger partial charge on any atom is 0.178 e. The molecule has 7 heteroatoms. The van der Waals surface area contributed by atoms with Crippen molar-refractivity contribution in [1.82, 2.24) is 14.8 Å². The Morgan fingerprint density at radius 3 is 2.59 bits per heavy atom. The summed E-state index contributed by atoms with van der Waals surface area (Å²) in [7, 11) is -3.23. The van der Waals surface area contributed by atoms with Crippen molar-refractivity contribution in [3.8, 4) is 5.69 Å². The summed E-state index contributed by atoms with van der Waals surface area (Å²) in [5.74, 6) is 0. The number of sulfone groups is 1. The molecule has 0 aliphatic carbocycles. The molecule has 2 heterocycles. The molecule has 0 aliphatic rings. The van der Waals surface area contributed by atoms with Crippen LogP contribution in [0.3, 0.4) is 0 Å². The average molecular weight is 252 g/mol. The van der Waals surface area contributed by atoms with Crippen molar-refractivity contribution in [2.45, 2.75) is 11.4 Å². The molecule has 2 rings (SSSR count). The van der Waals surface area contributed by atoms with Gasteiger partial charge in [0.05, 0.1) is 23.8 Å². The molecule has 2 aromatic rings. The van der Waals surface area contributed by atoms with Gasteiger partial charge in [0.2, 0.25) is 0 Å². The molecule has 0 saturated carbocycles. The van der Waals surface area contributed by atoms with Crippen molar-refractivity contribution < 1.29 is 8.42 Å². The zero-order valence-electron chi connectivity index (χ0n) is 9.24. The van der Waals surface area contributed by atoms with Crippen LogP contribution in [0.25, 0.3) is 5.69 Å². The molecule has 0 amide bonds. The minimum atomic E-state index is -3.23. The van der Waals surface area contributed by atoms with Crippen molar-refractivity contribution in [2.24, 2.45) is 5.73 Å². The van der Waals surface area contributed by atoms with Crippen LogP contribution in [0.1, 0.15) is 5.69 Å². The van der Waals surface area contributed by atoms with Crippen LogP contribution >= 0.6 is 0 Å². The molecule has 6 nitrogen and oxygen atoms in total. The first-order valence-corrected chi connectivity index (χ1v) is 6.80. The van der Waals surface area contributed by atoms with E-state index < -0.39 is 9.84 Å². The molecule has 0 radical (unpaired) electrons. The van der Waals surface area contributed by atoms with E-state index in [-0.39, 0.29) is 4.90 Å². The smallest absolute Gasteiger partial charge is 0.178 e. The third-order valence-electron chi connectivity index (χ3n) is 2.27. The van der Waals surface area contributed by atoms with Crippen molar-refractivity contribution in [2.75, 3.05) is 6.26 Å². The molecule has 0 unspecified atom stereocenters. The molecular weight excluding hydrogens is 240 g/mol. The summed E-state index contributed by atoms with van der Waals surface area (Å²) >= 11 is 0. The first-order chi connectivity index (χ1) is 8.00. The molecule has 0 bridgehead atoms. The third kappa shape index (κ3) is 2.51. The average Bonchev–Trinajstić information content (AvgIpc) is 2.78. The summed E-state index contributed by atoms with van der Waals surface area (Å²) in [6.45, 7) is 0.369. The molecule has 0 aliphatic heterocycles. The van der Waals surface area contributed by atoms with Gasteiger partial charge < -0.3 is 5.73 Å². The zero-order valence-corrected chi connectivity index (χ0v) is 10.1. The standard InChI is InChI=1S/C10H12N4O2S/c1-17(15,16)10-6-13-14(7-10)9-3-2-8(4-11)12-5-9/h2-3,5-7H,4,11H2,1H3. The number of nitrogens with zero attached hydrogens (tertiary/aromatic N) is 3. The van der Waals surface area contributed by atoms with Gasteiger partial charge in [-0.3, -0.25) is 4.98 Å². The molecule has 2 aromatic heterocycles. The van der Waals surface area contributed by atoms with E-state index in [1.807, 2.05) is 0 Å². The highest BCUT2D eigenvalue weighted by Crippen LogP contribution is 2.11. The highest BCUT2D eigenvalue weighted by molar-refractivity contribution is 7.90. The fourth-order valence-electron chi connectivity index (χ4n) is 1.31. The molecule has 0 atom stereocenters. The first-order valence-electron chi connectivity index (χ1n) is 4.91. The van der Waals surface area contributed by atoms with Gasteiger partial charge in [-0.15, -0.1) is 0 Å². The Morgan fingerprint density at radius 2 is 2.12 bits per heavy atom. The lowest BCUT2D eigenvalue weighted by Crippen LogP contribution is -2.01. The highest BCUT2D eigenvalue weighted by atomic mass is 32.2. The second kappa shape index (κ2) is 4.27. The molecular formula is C10H12N4O2S. The summed E-state index contributed by atoms with van der Waals surface area (Å²) < 4.78 is 24.0. The third-order valence-corrected chi connectivity index (χ3v) is 3.34. The van der Waals surface area contributed by atoms with Crippen LogP contribution < -0.4 is 5.73 Å². The summed E-state index contributed by atoms with van der Waals surface area (Å²) in [6.07, 6.45) is 5.51. The van der Waals surface area contributed by atoms with Crippen LogP contribution in [0, 0.1) is 0 Å². The van der Waals surface area contributed by atoms with Crippen LogP contribution in [-0.2, 0) is 16.4 Å². The van der Waals surface area contributed by atoms with Gasteiger partial charge in [0.15, 0.2) is 9.84 Å². The summed E-state index contributed by atoms with van der Waals surface area (Å²) in [5.41, 5.74) is 6.90. The van der Waals surface area contributed by atoms with E-state index in [2.05, 4.69) is 10.1 Å². The van der Waals surface area contributed by atoms with E-state index in [0.29, 0.717) is 12.2 Å². The van der Waals surface area contributed by atoms with E-state index in [4.69, 9.17) is 5.73 Å². The van der Waals surface area contributed by atoms with Crippen molar-refractivity contribution in [1.29, 1.82) is 0 Å². The van der Waals surface area contributed by atoms with Gasteiger partial charge in [-0.25, -0.2) is 13.1 Å². The Labute approximate surface area is 99.0 Å². The second-order valence-corrected chi connectivity index (χ2v) is 5.62. The van der Waals surface area contributed by atoms with Gasteiger partial charge in [-0.05, 0) is 12.1 Å². The maximum absolute atomic E-state index is 11.3.